The van der Waals surface area contributed by atoms with E-state index in [0.717, 1.165) is 0 Å². The number of hydrazone groups is 1. The number of methoxy groups -OCH3 is 1. The number of nitrogens with one attached hydrogen (secondary N) is 1. The molecule has 1 aliphatic rings. The highest BCUT2D eigenvalue weighted by atomic mass is 32.2. The van der Waals surface area contributed by atoms with Crippen LogP contribution in [0.5, 0.6) is 11.5 Å². The lowest BCUT2D eigenvalue weighted by Crippen LogP contribution is -2.25. The molecule has 1 fully saturated rings. The van der Waals surface area contributed by atoms with Gasteiger partial charge in [0, 0.05) is 5.69 Å². The zero-order valence-corrected chi connectivity index (χ0v) is 17.5. The van der Waals surface area contributed by atoms with E-state index < -0.39 is 0 Å². The van der Waals surface area contributed by atoms with Gasteiger partial charge in [-0.2, -0.15) is 10.1 Å². The molecule has 3 rings (SSSR count). The number of benzene rings is 2. The average Bonchev–Trinajstić information content (AvgIpc) is 2.97. The Morgan fingerprint density at radius 2 is 2.03 bits per heavy atom. The fourth-order valence-corrected chi connectivity index (χ4v) is 3.80. The molecule has 0 aliphatic carbocycles. The zero-order chi connectivity index (χ0) is 20.8. The fourth-order valence-electron chi connectivity index (χ4n) is 2.49. The summed E-state index contributed by atoms with van der Waals surface area (Å²) in [7, 11) is 1.50. The van der Waals surface area contributed by atoms with Gasteiger partial charge in [0.05, 0.1) is 18.6 Å². The Balaban J connectivity index is 1.63. The van der Waals surface area contributed by atoms with Gasteiger partial charge >= 0.3 is 0 Å². The van der Waals surface area contributed by atoms with Crippen LogP contribution in [0.3, 0.4) is 0 Å². The summed E-state index contributed by atoms with van der Waals surface area (Å²) in [6.45, 7) is 1.63. The van der Waals surface area contributed by atoms with Gasteiger partial charge in [0.2, 0.25) is 0 Å². The highest BCUT2D eigenvalue weighted by molar-refractivity contribution is 8.24. The molecule has 2 aromatic rings. The van der Waals surface area contributed by atoms with Crippen LogP contribution in [0.15, 0.2) is 53.6 Å². The Bertz CT molecular complexity index is 950. The third-order valence-corrected chi connectivity index (χ3v) is 5.32. The minimum absolute atomic E-state index is 0.146. The van der Waals surface area contributed by atoms with Crippen LogP contribution in [-0.2, 0) is 9.59 Å². The third-order valence-electron chi connectivity index (χ3n) is 3.93. The van der Waals surface area contributed by atoms with Gasteiger partial charge in [-0.25, -0.2) is 0 Å². The average molecular weight is 430 g/mol. The second-order valence-corrected chi connectivity index (χ2v) is 8.01. The monoisotopic (exact) mass is 429 g/mol. The molecular formula is C20H19N3O4S2. The van der Waals surface area contributed by atoms with Crippen molar-refractivity contribution < 1.29 is 19.1 Å². The van der Waals surface area contributed by atoms with Crippen LogP contribution >= 0.6 is 24.0 Å². The van der Waals surface area contributed by atoms with Crippen LogP contribution < -0.4 is 14.8 Å². The lowest BCUT2D eigenvalue weighted by atomic mass is 10.2. The Kier molecular flexibility index (Phi) is 6.84. The topological polar surface area (TPSA) is 80.2 Å². The number of nitrogens with zero attached hydrogens (tertiary/aromatic N) is 2. The predicted octanol–water partition coefficient (Wildman–Crippen LogP) is 3.30. The summed E-state index contributed by atoms with van der Waals surface area (Å²) in [4.78, 5) is 24.1. The lowest BCUT2D eigenvalue weighted by molar-refractivity contribution is -0.125. The molecule has 150 valence electrons. The standard InChI is InChI=1S/C20H19N3O4S2/c1-13-19(25)23(20(28)29-13)21-11-14-8-9-16(17(10-14)26-2)27-12-18(24)22-15-6-4-3-5-7-15/h3-11,13H,12H2,1-2H3,(H,22,24)/b21-11-/t13-/m0/s1. The van der Waals surface area contributed by atoms with Crippen molar-refractivity contribution in [3.05, 3.63) is 54.1 Å². The maximum atomic E-state index is 12.0. The Labute approximate surface area is 178 Å². The number of carbonyl (C=O) groups excluding carboxylic acids is 2. The molecule has 2 amide bonds. The normalized spacial score (nSPS) is 16.3. The number of thiocarbonyl (C=S) groups is 1. The number of para-hydroxylation sites is 1. The van der Waals surface area contributed by atoms with E-state index in [0.29, 0.717) is 27.1 Å². The maximum absolute atomic E-state index is 12.0. The van der Waals surface area contributed by atoms with Crippen LogP contribution in [0.4, 0.5) is 5.69 Å². The highest BCUT2D eigenvalue weighted by Crippen LogP contribution is 2.29. The minimum Gasteiger partial charge on any atom is -0.493 e. The van der Waals surface area contributed by atoms with E-state index in [4.69, 9.17) is 21.7 Å². The highest BCUT2D eigenvalue weighted by Gasteiger charge is 2.33. The second kappa shape index (κ2) is 9.53. The minimum atomic E-state index is -0.281. The lowest BCUT2D eigenvalue weighted by Gasteiger charge is -2.12. The van der Waals surface area contributed by atoms with E-state index in [2.05, 4.69) is 10.4 Å². The first-order valence-electron chi connectivity index (χ1n) is 8.72. The number of thioether (sulfide) groups is 1. The van der Waals surface area contributed by atoms with Gasteiger partial charge in [-0.3, -0.25) is 9.59 Å². The van der Waals surface area contributed by atoms with Crippen molar-refractivity contribution in [2.75, 3.05) is 19.0 Å². The van der Waals surface area contributed by atoms with Crippen molar-refractivity contribution in [1.82, 2.24) is 5.01 Å². The molecular weight excluding hydrogens is 410 g/mol. The number of rotatable bonds is 7. The van der Waals surface area contributed by atoms with E-state index >= 15 is 0 Å². The van der Waals surface area contributed by atoms with Crippen LogP contribution in [0.1, 0.15) is 12.5 Å². The van der Waals surface area contributed by atoms with Gasteiger partial charge in [-0.1, -0.05) is 42.2 Å². The van der Waals surface area contributed by atoms with E-state index in [9.17, 15) is 9.59 Å². The number of anilines is 1. The smallest absolute Gasteiger partial charge is 0.262 e. The Morgan fingerprint density at radius 1 is 1.28 bits per heavy atom. The van der Waals surface area contributed by atoms with Crippen LogP contribution in [0.2, 0.25) is 0 Å². The SMILES string of the molecule is COc1cc(/C=N\N2C(=O)[C@H](C)SC2=S)ccc1OCC(=O)Nc1ccccc1. The first-order valence-corrected chi connectivity index (χ1v) is 10.0. The molecule has 29 heavy (non-hydrogen) atoms. The second-order valence-electron chi connectivity index (χ2n) is 6.03. The number of hydrogen-bond acceptors (Lipinski definition) is 7. The van der Waals surface area contributed by atoms with Crippen LogP contribution in [0.25, 0.3) is 0 Å². The molecule has 0 spiro atoms. The van der Waals surface area contributed by atoms with Gasteiger partial charge in [-0.05, 0) is 42.8 Å². The molecule has 2 aromatic carbocycles. The van der Waals surface area contributed by atoms with Crippen molar-refractivity contribution in [2.45, 2.75) is 12.2 Å². The molecule has 0 bridgehead atoms. The molecule has 7 nitrogen and oxygen atoms in total. The fraction of sp³-hybridized carbons (Fsp3) is 0.200. The summed E-state index contributed by atoms with van der Waals surface area (Å²) in [5, 5.41) is 7.90. The van der Waals surface area contributed by atoms with Crippen molar-refractivity contribution >= 4 is 52.0 Å². The summed E-state index contributed by atoms with van der Waals surface area (Å²) >= 11 is 6.46. The number of carbonyl (C=O) groups is 2. The van der Waals surface area contributed by atoms with E-state index in [1.807, 2.05) is 18.2 Å². The number of amides is 2. The quantitative estimate of drug-likeness (QED) is 0.537. The number of hydrogen-bond donors (Lipinski definition) is 1. The van der Waals surface area contributed by atoms with Gasteiger partial charge in [0.1, 0.15) is 0 Å². The predicted molar refractivity (Wildman–Crippen MR) is 118 cm³/mol. The van der Waals surface area contributed by atoms with E-state index in [1.165, 1.54) is 30.1 Å². The molecule has 1 heterocycles. The largest absolute Gasteiger partial charge is 0.493 e. The van der Waals surface area contributed by atoms with E-state index in [-0.39, 0.29) is 23.7 Å². The Hall–Kier alpha value is -2.91. The molecule has 1 N–H and O–H groups in total. The van der Waals surface area contributed by atoms with Crippen molar-refractivity contribution in [2.24, 2.45) is 5.10 Å². The Morgan fingerprint density at radius 3 is 2.69 bits per heavy atom. The molecule has 1 saturated heterocycles. The van der Waals surface area contributed by atoms with Crippen molar-refractivity contribution in [3.63, 3.8) is 0 Å². The third kappa shape index (κ3) is 5.33. The first-order chi connectivity index (χ1) is 14.0. The maximum Gasteiger partial charge on any atom is 0.262 e. The number of ether oxygens (including phenoxy) is 2. The molecule has 1 aliphatic heterocycles. The zero-order valence-electron chi connectivity index (χ0n) is 15.8. The van der Waals surface area contributed by atoms with Gasteiger partial charge < -0.3 is 14.8 Å². The van der Waals surface area contributed by atoms with Crippen LogP contribution in [0, 0.1) is 0 Å². The van der Waals surface area contributed by atoms with Crippen molar-refractivity contribution in [3.8, 4) is 11.5 Å². The summed E-state index contributed by atoms with van der Waals surface area (Å²) in [5.74, 6) is 0.438. The van der Waals surface area contributed by atoms with Crippen molar-refractivity contribution in [1.29, 1.82) is 0 Å². The first kappa shape index (κ1) is 20.8. The molecule has 9 heteroatoms. The molecule has 0 unspecified atom stereocenters. The summed E-state index contributed by atoms with van der Waals surface area (Å²) in [6, 6.07) is 14.3. The molecule has 0 aromatic heterocycles. The van der Waals surface area contributed by atoms with E-state index in [1.54, 1.807) is 37.3 Å². The van der Waals surface area contributed by atoms with Gasteiger partial charge in [0.25, 0.3) is 11.8 Å². The van der Waals surface area contributed by atoms with Crippen LogP contribution in [-0.4, -0.2) is 46.3 Å². The van der Waals surface area contributed by atoms with Gasteiger partial charge in [0.15, 0.2) is 22.4 Å². The summed E-state index contributed by atoms with van der Waals surface area (Å²) < 4.78 is 11.3. The summed E-state index contributed by atoms with van der Waals surface area (Å²) in [6.07, 6.45) is 1.53. The molecule has 0 saturated carbocycles. The summed E-state index contributed by atoms with van der Waals surface area (Å²) in [5.41, 5.74) is 1.39. The van der Waals surface area contributed by atoms with Gasteiger partial charge in [-0.15, -0.1) is 0 Å². The molecule has 1 atom stereocenters. The molecule has 0 radical (unpaired) electrons.